The first-order valence-electron chi connectivity index (χ1n) is 10.0. The monoisotopic (exact) mass is 407 g/mol. The van der Waals surface area contributed by atoms with Crippen molar-refractivity contribution in [2.75, 3.05) is 63.1 Å². The summed E-state index contributed by atoms with van der Waals surface area (Å²) >= 11 is 0. The third-order valence-corrected chi connectivity index (χ3v) is 5.34. The molecule has 30 heavy (non-hydrogen) atoms. The van der Waals surface area contributed by atoms with Gasteiger partial charge in [-0.15, -0.1) is 4.99 Å². The van der Waals surface area contributed by atoms with Crippen LogP contribution in [0.5, 0.6) is 0 Å². The van der Waals surface area contributed by atoms with E-state index in [1.165, 1.54) is 0 Å². The Kier molecular flexibility index (Phi) is 5.90. The van der Waals surface area contributed by atoms with E-state index in [0.29, 0.717) is 13.2 Å². The van der Waals surface area contributed by atoms with Gasteiger partial charge in [0.1, 0.15) is 5.82 Å². The van der Waals surface area contributed by atoms with Crippen LogP contribution in [0.15, 0.2) is 29.5 Å². The van der Waals surface area contributed by atoms with Crippen LogP contribution < -0.4 is 10.6 Å². The summed E-state index contributed by atoms with van der Waals surface area (Å²) in [4.78, 5) is 23.8. The van der Waals surface area contributed by atoms with Gasteiger partial charge < -0.3 is 25.2 Å². The normalized spacial score (nSPS) is 17.7. The number of nitrogens with zero attached hydrogens (tertiary/aromatic N) is 8. The maximum atomic E-state index is 9.18. The van der Waals surface area contributed by atoms with E-state index < -0.39 is 0 Å². The maximum Gasteiger partial charge on any atom is 0.222 e. The van der Waals surface area contributed by atoms with Gasteiger partial charge >= 0.3 is 0 Å². The molecule has 0 amide bonds. The molecule has 10 nitrogen and oxygen atoms in total. The Morgan fingerprint density at radius 1 is 1.13 bits per heavy atom. The Hall–Kier alpha value is -3.45. The zero-order valence-electron chi connectivity index (χ0n) is 17.0. The molecule has 2 aromatic heterocycles. The highest BCUT2D eigenvalue weighted by molar-refractivity contribution is 5.82. The molecule has 2 saturated heterocycles. The summed E-state index contributed by atoms with van der Waals surface area (Å²) in [5.74, 6) is 1.81. The summed E-state index contributed by atoms with van der Waals surface area (Å²) in [5.41, 5.74) is 8.72. The summed E-state index contributed by atoms with van der Waals surface area (Å²) in [7, 11) is 0. The van der Waals surface area contributed by atoms with Crippen molar-refractivity contribution in [3.05, 3.63) is 30.2 Å². The van der Waals surface area contributed by atoms with Crippen molar-refractivity contribution in [2.24, 2.45) is 4.99 Å². The van der Waals surface area contributed by atoms with Crippen molar-refractivity contribution in [1.29, 1.82) is 5.26 Å². The van der Waals surface area contributed by atoms with E-state index in [-0.39, 0.29) is 5.95 Å². The van der Waals surface area contributed by atoms with Crippen molar-refractivity contribution >= 4 is 17.7 Å². The van der Waals surface area contributed by atoms with Crippen molar-refractivity contribution in [2.45, 2.75) is 6.92 Å². The van der Waals surface area contributed by atoms with Crippen molar-refractivity contribution in [3.63, 3.8) is 0 Å². The van der Waals surface area contributed by atoms with E-state index in [2.05, 4.69) is 34.6 Å². The number of nitriles is 1. The third-order valence-electron chi connectivity index (χ3n) is 5.34. The molecule has 0 aromatic carbocycles. The largest absolute Gasteiger partial charge is 0.378 e. The van der Waals surface area contributed by atoms with Crippen LogP contribution in [0.2, 0.25) is 0 Å². The highest BCUT2D eigenvalue weighted by Crippen LogP contribution is 2.32. The molecular formula is C20H25N9O. The Balaban J connectivity index is 1.56. The molecule has 0 unspecified atom stereocenters. The molecule has 2 N–H and O–H groups in total. The number of nitrogens with two attached hydrogens (primary N) is 1. The van der Waals surface area contributed by atoms with Crippen LogP contribution in [0, 0.1) is 18.4 Å². The Morgan fingerprint density at radius 2 is 1.87 bits per heavy atom. The number of ether oxygens (including phenoxy) is 1. The number of rotatable bonds is 2. The number of pyridine rings is 1. The molecule has 2 aliphatic rings. The van der Waals surface area contributed by atoms with E-state index in [4.69, 9.17) is 10.5 Å². The summed E-state index contributed by atoms with van der Waals surface area (Å²) in [6.45, 7) is 7.66. The van der Waals surface area contributed by atoms with E-state index in [1.807, 2.05) is 31.4 Å². The van der Waals surface area contributed by atoms with Gasteiger partial charge in [0, 0.05) is 62.8 Å². The van der Waals surface area contributed by atoms with E-state index in [9.17, 15) is 5.26 Å². The van der Waals surface area contributed by atoms with Crippen LogP contribution in [0.4, 0.5) is 11.8 Å². The van der Waals surface area contributed by atoms with E-state index >= 15 is 0 Å². The number of aliphatic imine (C=N–C) groups is 1. The molecule has 10 heteroatoms. The number of morpholine rings is 1. The maximum absolute atomic E-state index is 9.18. The van der Waals surface area contributed by atoms with Gasteiger partial charge in [0.15, 0.2) is 0 Å². The number of guanidine groups is 1. The van der Waals surface area contributed by atoms with E-state index in [0.717, 1.165) is 67.9 Å². The molecule has 0 bridgehead atoms. The van der Waals surface area contributed by atoms with Gasteiger partial charge in [-0.05, 0) is 13.0 Å². The van der Waals surface area contributed by atoms with Crippen molar-refractivity contribution in [3.8, 4) is 17.3 Å². The summed E-state index contributed by atoms with van der Waals surface area (Å²) in [6.07, 6.45) is 5.52. The van der Waals surface area contributed by atoms with Crippen molar-refractivity contribution in [1.82, 2.24) is 24.8 Å². The highest BCUT2D eigenvalue weighted by Gasteiger charge is 2.27. The predicted octanol–water partition coefficient (Wildman–Crippen LogP) is 0.721. The lowest BCUT2D eigenvalue weighted by Gasteiger charge is -2.41. The number of aryl methyl sites for hydroxylation is 1. The molecule has 2 aliphatic heterocycles. The quantitative estimate of drug-likeness (QED) is 0.436. The number of anilines is 2. The molecule has 2 aromatic rings. The first kappa shape index (κ1) is 19.8. The molecule has 0 atom stereocenters. The zero-order chi connectivity index (χ0) is 20.9. The van der Waals surface area contributed by atoms with Gasteiger partial charge in [-0.1, -0.05) is 6.07 Å². The van der Waals surface area contributed by atoms with Crippen LogP contribution in [-0.4, -0.2) is 83.2 Å². The highest BCUT2D eigenvalue weighted by atomic mass is 16.5. The number of aromatic nitrogens is 3. The number of hydrogen-bond donors (Lipinski definition) is 1. The summed E-state index contributed by atoms with van der Waals surface area (Å²) in [6, 6.07) is 3.91. The molecule has 0 spiro atoms. The summed E-state index contributed by atoms with van der Waals surface area (Å²) in [5, 5.41) is 9.18. The zero-order valence-corrected chi connectivity index (χ0v) is 17.0. The third kappa shape index (κ3) is 4.11. The van der Waals surface area contributed by atoms with Gasteiger partial charge in [0.25, 0.3) is 0 Å². The lowest BCUT2D eigenvalue weighted by atomic mass is 10.1. The molecule has 0 radical (unpaired) electrons. The fourth-order valence-electron chi connectivity index (χ4n) is 3.92. The van der Waals surface area contributed by atoms with Gasteiger partial charge in [0.05, 0.1) is 18.9 Å². The summed E-state index contributed by atoms with van der Waals surface area (Å²) < 4.78 is 5.43. The Labute approximate surface area is 175 Å². The SMILES string of the molecule is Cc1nc(N)nc(N2CCN(/C(=N\C#N)N3CCOCC3)CC2)c1-c1cccnc1. The van der Waals surface area contributed by atoms with Crippen LogP contribution in [-0.2, 0) is 4.74 Å². The average molecular weight is 407 g/mol. The molecule has 0 saturated carbocycles. The fourth-order valence-corrected chi connectivity index (χ4v) is 3.92. The minimum absolute atomic E-state index is 0.262. The van der Waals surface area contributed by atoms with Crippen LogP contribution in [0.25, 0.3) is 11.1 Å². The average Bonchev–Trinajstić information content (AvgIpc) is 2.78. The Morgan fingerprint density at radius 3 is 2.53 bits per heavy atom. The lowest BCUT2D eigenvalue weighted by molar-refractivity contribution is 0.0620. The molecule has 2 fully saturated rings. The standard InChI is InChI=1S/C20H25N9O/c1-15-17(16-3-2-4-23-13-16)18(26-19(22)25-15)27-5-7-28(8-6-27)20(24-14-21)29-9-11-30-12-10-29/h2-4,13H,5-12H2,1H3,(H2,22,25,26)/b24-20+. The molecular weight excluding hydrogens is 382 g/mol. The van der Waals surface area contributed by atoms with Crippen LogP contribution >= 0.6 is 0 Å². The minimum atomic E-state index is 0.262. The molecule has 0 aliphatic carbocycles. The van der Waals surface area contributed by atoms with Gasteiger partial charge in [-0.25, -0.2) is 4.98 Å². The Bertz CT molecular complexity index is 943. The smallest absolute Gasteiger partial charge is 0.222 e. The number of piperazine rings is 1. The van der Waals surface area contributed by atoms with E-state index in [1.54, 1.807) is 6.20 Å². The topological polar surface area (TPSA) is 120 Å². The second-order valence-corrected chi connectivity index (χ2v) is 7.19. The minimum Gasteiger partial charge on any atom is -0.378 e. The fraction of sp³-hybridized carbons (Fsp3) is 0.450. The van der Waals surface area contributed by atoms with Crippen molar-refractivity contribution < 1.29 is 4.74 Å². The second kappa shape index (κ2) is 8.92. The molecule has 4 rings (SSSR count). The first-order valence-corrected chi connectivity index (χ1v) is 10.0. The second-order valence-electron chi connectivity index (χ2n) is 7.19. The number of hydrogen-bond acceptors (Lipinski definition) is 8. The van der Waals surface area contributed by atoms with Gasteiger partial charge in [0.2, 0.25) is 18.1 Å². The first-order chi connectivity index (χ1) is 14.7. The molecule has 4 heterocycles. The molecule has 156 valence electrons. The van der Waals surface area contributed by atoms with Crippen LogP contribution in [0.3, 0.4) is 0 Å². The van der Waals surface area contributed by atoms with Crippen LogP contribution in [0.1, 0.15) is 5.69 Å². The predicted molar refractivity (Wildman–Crippen MR) is 114 cm³/mol. The van der Waals surface area contributed by atoms with Gasteiger partial charge in [-0.3, -0.25) is 4.98 Å². The lowest BCUT2D eigenvalue weighted by Crippen LogP contribution is -2.55. The number of nitrogen functional groups attached to an aromatic ring is 1. The van der Waals surface area contributed by atoms with Gasteiger partial charge in [-0.2, -0.15) is 10.2 Å².